The SMILES string of the molecule is CC(C)[C@H](NC(=O)c1ccccc1Br)C(=O)OC(C)(C)C. The molecule has 4 nitrogen and oxygen atoms in total. The summed E-state index contributed by atoms with van der Waals surface area (Å²) in [5.74, 6) is -0.781. The van der Waals surface area contributed by atoms with E-state index in [0.29, 0.717) is 10.0 Å². The van der Waals surface area contributed by atoms with Crippen molar-refractivity contribution in [3.05, 3.63) is 34.3 Å². The van der Waals surface area contributed by atoms with Crippen LogP contribution in [0, 0.1) is 5.92 Å². The molecule has 1 aromatic carbocycles. The van der Waals surface area contributed by atoms with Gasteiger partial charge in [-0.1, -0.05) is 26.0 Å². The van der Waals surface area contributed by atoms with E-state index in [1.807, 2.05) is 19.9 Å². The number of benzene rings is 1. The summed E-state index contributed by atoms with van der Waals surface area (Å²) in [6.45, 7) is 9.15. The van der Waals surface area contributed by atoms with Gasteiger partial charge in [-0.15, -0.1) is 0 Å². The van der Waals surface area contributed by atoms with Crippen LogP contribution in [0.15, 0.2) is 28.7 Å². The molecule has 1 aromatic rings. The Morgan fingerprint density at radius 1 is 1.19 bits per heavy atom. The molecular weight excluding hydrogens is 334 g/mol. The molecule has 0 aliphatic carbocycles. The highest BCUT2D eigenvalue weighted by atomic mass is 79.9. The van der Waals surface area contributed by atoms with Gasteiger partial charge in [0.15, 0.2) is 0 Å². The van der Waals surface area contributed by atoms with E-state index < -0.39 is 17.6 Å². The van der Waals surface area contributed by atoms with Gasteiger partial charge in [0.2, 0.25) is 0 Å². The Morgan fingerprint density at radius 3 is 2.24 bits per heavy atom. The molecule has 0 radical (unpaired) electrons. The lowest BCUT2D eigenvalue weighted by Gasteiger charge is -2.26. The monoisotopic (exact) mass is 355 g/mol. The number of carbonyl (C=O) groups excluding carboxylic acids is 2. The zero-order chi connectivity index (χ0) is 16.2. The van der Waals surface area contributed by atoms with E-state index in [1.54, 1.807) is 39.0 Å². The Morgan fingerprint density at radius 2 is 1.76 bits per heavy atom. The summed E-state index contributed by atoms with van der Waals surface area (Å²) in [6, 6.07) is 6.41. The molecule has 0 spiro atoms. The van der Waals surface area contributed by atoms with Crippen molar-refractivity contribution in [3.8, 4) is 0 Å². The van der Waals surface area contributed by atoms with Gasteiger partial charge in [-0.25, -0.2) is 4.79 Å². The molecule has 1 rings (SSSR count). The van der Waals surface area contributed by atoms with Crippen LogP contribution in [0.4, 0.5) is 0 Å². The molecule has 1 N–H and O–H groups in total. The van der Waals surface area contributed by atoms with Gasteiger partial charge in [0.1, 0.15) is 11.6 Å². The molecular formula is C16H22BrNO3. The summed E-state index contributed by atoms with van der Waals surface area (Å²) in [5, 5.41) is 2.75. The highest BCUT2D eigenvalue weighted by Gasteiger charge is 2.29. The minimum atomic E-state index is -0.677. The van der Waals surface area contributed by atoms with E-state index in [-0.39, 0.29) is 11.8 Å². The van der Waals surface area contributed by atoms with Gasteiger partial charge in [-0.05, 0) is 54.8 Å². The smallest absolute Gasteiger partial charge is 0.329 e. The molecule has 0 heterocycles. The first-order valence-electron chi connectivity index (χ1n) is 6.90. The van der Waals surface area contributed by atoms with E-state index >= 15 is 0 Å². The van der Waals surface area contributed by atoms with Crippen LogP contribution in [0.5, 0.6) is 0 Å². The molecule has 0 aromatic heterocycles. The van der Waals surface area contributed by atoms with Gasteiger partial charge >= 0.3 is 5.97 Å². The van der Waals surface area contributed by atoms with E-state index in [9.17, 15) is 9.59 Å². The number of amides is 1. The van der Waals surface area contributed by atoms with E-state index in [2.05, 4.69) is 21.2 Å². The van der Waals surface area contributed by atoms with Gasteiger partial charge in [0.05, 0.1) is 5.56 Å². The van der Waals surface area contributed by atoms with E-state index in [1.165, 1.54) is 0 Å². The average molecular weight is 356 g/mol. The predicted octanol–water partition coefficient (Wildman–Crippen LogP) is 3.55. The number of carbonyl (C=O) groups is 2. The van der Waals surface area contributed by atoms with Crippen molar-refractivity contribution < 1.29 is 14.3 Å². The molecule has 0 aliphatic rings. The van der Waals surface area contributed by atoms with Crippen LogP contribution in [-0.2, 0) is 9.53 Å². The maximum absolute atomic E-state index is 12.3. The van der Waals surface area contributed by atoms with Crippen LogP contribution in [0.3, 0.4) is 0 Å². The van der Waals surface area contributed by atoms with Gasteiger partial charge in [0.25, 0.3) is 5.91 Å². The van der Waals surface area contributed by atoms with Crippen molar-refractivity contribution in [1.29, 1.82) is 0 Å². The normalized spacial score (nSPS) is 12.9. The topological polar surface area (TPSA) is 55.4 Å². The van der Waals surface area contributed by atoms with Crippen molar-refractivity contribution in [1.82, 2.24) is 5.32 Å². The highest BCUT2D eigenvalue weighted by Crippen LogP contribution is 2.17. The minimum Gasteiger partial charge on any atom is -0.458 e. The molecule has 0 aliphatic heterocycles. The highest BCUT2D eigenvalue weighted by molar-refractivity contribution is 9.10. The molecule has 116 valence electrons. The fourth-order valence-electron chi connectivity index (χ4n) is 1.73. The van der Waals surface area contributed by atoms with Crippen LogP contribution >= 0.6 is 15.9 Å². The van der Waals surface area contributed by atoms with Crippen molar-refractivity contribution >= 4 is 27.8 Å². The second-order valence-corrected chi connectivity index (χ2v) is 7.06. The van der Waals surface area contributed by atoms with Crippen LogP contribution < -0.4 is 5.32 Å². The fraction of sp³-hybridized carbons (Fsp3) is 0.500. The number of ether oxygens (including phenoxy) is 1. The number of hydrogen-bond donors (Lipinski definition) is 1. The third kappa shape index (κ3) is 5.50. The van der Waals surface area contributed by atoms with Crippen molar-refractivity contribution in [3.63, 3.8) is 0 Å². The fourth-order valence-corrected chi connectivity index (χ4v) is 2.19. The summed E-state index contributed by atoms with van der Waals surface area (Å²) in [7, 11) is 0. The van der Waals surface area contributed by atoms with Crippen molar-refractivity contribution in [2.75, 3.05) is 0 Å². The molecule has 0 fully saturated rings. The number of halogens is 1. The molecule has 1 atom stereocenters. The minimum absolute atomic E-state index is 0.0636. The lowest BCUT2D eigenvalue weighted by molar-refractivity contribution is -0.158. The van der Waals surface area contributed by atoms with Crippen molar-refractivity contribution in [2.24, 2.45) is 5.92 Å². The van der Waals surface area contributed by atoms with Crippen LogP contribution in [0.25, 0.3) is 0 Å². The molecule has 0 unspecified atom stereocenters. The zero-order valence-electron chi connectivity index (χ0n) is 13.1. The van der Waals surface area contributed by atoms with Crippen LogP contribution in [-0.4, -0.2) is 23.5 Å². The second kappa shape index (κ2) is 7.07. The Hall–Kier alpha value is -1.36. The first kappa shape index (κ1) is 17.7. The summed E-state index contributed by atoms with van der Waals surface area (Å²) in [5.41, 5.74) is -0.0887. The lowest BCUT2D eigenvalue weighted by atomic mass is 10.0. The molecule has 0 saturated heterocycles. The zero-order valence-corrected chi connectivity index (χ0v) is 14.7. The first-order valence-corrected chi connectivity index (χ1v) is 7.69. The predicted molar refractivity (Wildman–Crippen MR) is 86.1 cm³/mol. The molecule has 5 heteroatoms. The Balaban J connectivity index is 2.87. The maximum atomic E-state index is 12.3. The van der Waals surface area contributed by atoms with Gasteiger partial charge in [-0.2, -0.15) is 0 Å². The third-order valence-corrected chi connectivity index (χ3v) is 3.42. The quantitative estimate of drug-likeness (QED) is 0.840. The van der Waals surface area contributed by atoms with Crippen LogP contribution in [0.2, 0.25) is 0 Å². The second-order valence-electron chi connectivity index (χ2n) is 6.21. The number of nitrogens with one attached hydrogen (secondary N) is 1. The third-order valence-electron chi connectivity index (χ3n) is 2.73. The maximum Gasteiger partial charge on any atom is 0.329 e. The molecule has 21 heavy (non-hydrogen) atoms. The molecule has 0 saturated carbocycles. The van der Waals surface area contributed by atoms with Gasteiger partial charge in [-0.3, -0.25) is 4.79 Å². The van der Waals surface area contributed by atoms with Gasteiger partial charge < -0.3 is 10.1 Å². The molecule has 0 bridgehead atoms. The van der Waals surface area contributed by atoms with Crippen molar-refractivity contribution in [2.45, 2.75) is 46.3 Å². The Kier molecular flexibility index (Phi) is 5.96. The summed E-state index contributed by atoms with van der Waals surface area (Å²) in [4.78, 5) is 24.5. The van der Waals surface area contributed by atoms with Gasteiger partial charge in [0, 0.05) is 4.47 Å². The van der Waals surface area contributed by atoms with Crippen LogP contribution in [0.1, 0.15) is 45.0 Å². The molecule has 1 amide bonds. The lowest BCUT2D eigenvalue weighted by Crippen LogP contribution is -2.47. The Labute approximate surface area is 134 Å². The Bertz CT molecular complexity index is 520. The summed E-state index contributed by atoms with van der Waals surface area (Å²) in [6.07, 6.45) is 0. The van der Waals surface area contributed by atoms with E-state index in [4.69, 9.17) is 4.74 Å². The first-order chi connectivity index (χ1) is 9.61. The largest absolute Gasteiger partial charge is 0.458 e. The standard InChI is InChI=1S/C16H22BrNO3/c1-10(2)13(15(20)21-16(3,4)5)18-14(19)11-8-6-7-9-12(11)17/h6-10,13H,1-5H3,(H,18,19)/t13-/m0/s1. The number of rotatable bonds is 4. The average Bonchev–Trinajstić information content (AvgIpc) is 2.33. The summed E-state index contributed by atoms with van der Waals surface area (Å²) >= 11 is 3.33. The number of hydrogen-bond acceptors (Lipinski definition) is 3. The summed E-state index contributed by atoms with van der Waals surface area (Å²) < 4.78 is 6.05. The number of esters is 1. The van der Waals surface area contributed by atoms with E-state index in [0.717, 1.165) is 0 Å².